The Balaban J connectivity index is 1.85. The summed E-state index contributed by atoms with van der Waals surface area (Å²) in [5.74, 6) is -2.36. The number of fused-ring (bicyclic) bond motifs is 2. The molecule has 1 aliphatic heterocycles. The largest absolute Gasteiger partial charge is 0.466 e. The second-order valence-corrected chi connectivity index (χ2v) is 10.9. The third-order valence-electron chi connectivity index (χ3n) is 8.01. The quantitative estimate of drug-likeness (QED) is 0.446. The molecule has 0 aromatic heterocycles. The summed E-state index contributed by atoms with van der Waals surface area (Å²) in [6, 6.07) is 19.9. The highest BCUT2D eigenvalue weighted by Crippen LogP contribution is 2.59. The molecule has 0 radical (unpaired) electrons. The number of para-hydroxylation sites is 1. The minimum atomic E-state index is -1.85. The molecule has 1 unspecified atom stereocenters. The van der Waals surface area contributed by atoms with E-state index in [9.17, 15) is 19.2 Å². The number of rotatable bonds is 3. The Morgan fingerprint density at radius 2 is 1.49 bits per heavy atom. The van der Waals surface area contributed by atoms with Gasteiger partial charge in [0.15, 0.2) is 11.6 Å². The van der Waals surface area contributed by atoms with Gasteiger partial charge in [-0.2, -0.15) is 0 Å². The molecule has 1 atom stereocenters. The number of benzene rings is 3. The van der Waals surface area contributed by atoms with Crippen LogP contribution in [0.5, 0.6) is 0 Å². The van der Waals surface area contributed by atoms with Gasteiger partial charge in [0.05, 0.1) is 19.8 Å². The number of ketones is 2. The second-order valence-electron chi connectivity index (χ2n) is 10.9. The first-order chi connectivity index (χ1) is 18.7. The van der Waals surface area contributed by atoms with Gasteiger partial charge in [-0.1, -0.05) is 68.4 Å². The number of anilines is 1. The van der Waals surface area contributed by atoms with Gasteiger partial charge < -0.3 is 14.4 Å². The number of carbonyl (C=O) groups excluding carboxylic acids is 4. The van der Waals surface area contributed by atoms with Crippen LogP contribution in [0.15, 0.2) is 89.3 Å². The molecule has 0 fully saturated rings. The Morgan fingerprint density at radius 3 is 2.15 bits per heavy atom. The van der Waals surface area contributed by atoms with Crippen LogP contribution in [0.3, 0.4) is 0 Å². The summed E-state index contributed by atoms with van der Waals surface area (Å²) in [6.45, 7) is 3.96. The molecule has 3 aromatic carbocycles. The summed E-state index contributed by atoms with van der Waals surface area (Å²) >= 11 is 0. The van der Waals surface area contributed by atoms with E-state index in [0.717, 1.165) is 5.39 Å². The van der Waals surface area contributed by atoms with Crippen molar-refractivity contribution in [3.8, 4) is 0 Å². The minimum Gasteiger partial charge on any atom is -0.466 e. The highest BCUT2D eigenvalue weighted by Gasteiger charge is 2.63. The van der Waals surface area contributed by atoms with Gasteiger partial charge in [-0.3, -0.25) is 9.59 Å². The number of methoxy groups -OCH3 is 2. The lowest BCUT2D eigenvalue weighted by Crippen LogP contribution is -2.53. The smallest absolute Gasteiger partial charge is 0.355 e. The van der Waals surface area contributed by atoms with E-state index in [2.05, 4.69) is 0 Å². The van der Waals surface area contributed by atoms with Crippen LogP contribution in [0.1, 0.15) is 42.6 Å². The SMILES string of the molecule is COC(=O)C1=C(C(=O)OC)C2(C(=O)c3cccc4cccc2c34)C2=C(CC(C)(C)CC2=O)N1c1ccccc1. The first-order valence-electron chi connectivity index (χ1n) is 12.8. The van der Waals surface area contributed by atoms with Crippen LogP contribution in [0.4, 0.5) is 5.69 Å². The van der Waals surface area contributed by atoms with Gasteiger partial charge in [0.25, 0.3) is 0 Å². The maximum Gasteiger partial charge on any atom is 0.355 e. The van der Waals surface area contributed by atoms with Gasteiger partial charge in [-0.15, -0.1) is 0 Å². The molecule has 0 saturated heterocycles. The number of ether oxygens (including phenoxy) is 2. The minimum absolute atomic E-state index is 0.127. The Bertz CT molecular complexity index is 1670. The van der Waals surface area contributed by atoms with E-state index in [4.69, 9.17) is 9.47 Å². The Kier molecular flexibility index (Phi) is 5.40. The van der Waals surface area contributed by atoms with Crippen molar-refractivity contribution in [2.45, 2.75) is 32.1 Å². The van der Waals surface area contributed by atoms with Gasteiger partial charge in [-0.05, 0) is 40.3 Å². The van der Waals surface area contributed by atoms with E-state index in [-0.39, 0.29) is 29.0 Å². The lowest BCUT2D eigenvalue weighted by Gasteiger charge is -2.48. The average molecular weight is 522 g/mol. The second kappa shape index (κ2) is 8.50. The van der Waals surface area contributed by atoms with E-state index < -0.39 is 28.6 Å². The number of Topliss-reactive ketones (excluding diaryl/α,β-unsaturated/α-hetero) is 2. The molecule has 6 rings (SSSR count). The third kappa shape index (κ3) is 3.22. The number of carbonyl (C=O) groups is 4. The van der Waals surface area contributed by atoms with Crippen molar-refractivity contribution in [3.05, 3.63) is 100 Å². The summed E-state index contributed by atoms with van der Waals surface area (Å²) in [5, 5.41) is 1.46. The number of nitrogens with zero attached hydrogens (tertiary/aromatic N) is 1. The molecule has 2 aliphatic carbocycles. The normalized spacial score (nSPS) is 21.5. The first kappa shape index (κ1) is 24.8. The maximum atomic E-state index is 14.7. The van der Waals surface area contributed by atoms with Crippen LogP contribution in [0.25, 0.3) is 10.8 Å². The fraction of sp³-hybridized carbons (Fsp3) is 0.250. The molecule has 0 saturated carbocycles. The van der Waals surface area contributed by atoms with Crippen molar-refractivity contribution in [1.29, 1.82) is 0 Å². The van der Waals surface area contributed by atoms with Crippen molar-refractivity contribution in [2.24, 2.45) is 5.41 Å². The van der Waals surface area contributed by atoms with Crippen LogP contribution in [-0.2, 0) is 29.3 Å². The summed E-state index contributed by atoms with van der Waals surface area (Å²) in [7, 11) is 2.43. The van der Waals surface area contributed by atoms with Crippen LogP contribution in [0.2, 0.25) is 0 Å². The molecule has 1 spiro atoms. The summed E-state index contributed by atoms with van der Waals surface area (Å²) in [5.41, 5.74) is -0.474. The van der Waals surface area contributed by atoms with Crippen molar-refractivity contribution >= 4 is 40.0 Å². The van der Waals surface area contributed by atoms with Gasteiger partial charge in [0.2, 0.25) is 0 Å². The van der Waals surface area contributed by atoms with Gasteiger partial charge >= 0.3 is 11.9 Å². The molecule has 7 nitrogen and oxygen atoms in total. The lowest BCUT2D eigenvalue weighted by molar-refractivity contribution is -0.140. The highest BCUT2D eigenvalue weighted by molar-refractivity contribution is 6.31. The predicted octanol–water partition coefficient (Wildman–Crippen LogP) is 5.04. The first-order valence-corrected chi connectivity index (χ1v) is 12.8. The number of hydrogen-bond donors (Lipinski definition) is 0. The van der Waals surface area contributed by atoms with Crippen molar-refractivity contribution < 1.29 is 28.7 Å². The molecule has 0 bridgehead atoms. The summed E-state index contributed by atoms with van der Waals surface area (Å²) in [4.78, 5) is 58.2. The van der Waals surface area contributed by atoms with E-state index in [1.54, 1.807) is 53.4 Å². The maximum absolute atomic E-state index is 14.7. The predicted molar refractivity (Wildman–Crippen MR) is 145 cm³/mol. The molecule has 7 heteroatoms. The third-order valence-corrected chi connectivity index (χ3v) is 8.01. The van der Waals surface area contributed by atoms with Crippen molar-refractivity contribution in [2.75, 3.05) is 19.1 Å². The van der Waals surface area contributed by atoms with E-state index in [0.29, 0.717) is 34.3 Å². The van der Waals surface area contributed by atoms with Crippen LogP contribution in [0, 0.1) is 5.41 Å². The Labute approximate surface area is 225 Å². The zero-order chi connectivity index (χ0) is 27.7. The molecular weight excluding hydrogens is 494 g/mol. The molecule has 3 aromatic rings. The van der Waals surface area contributed by atoms with Crippen LogP contribution in [-0.4, -0.2) is 37.7 Å². The molecule has 0 amide bonds. The average Bonchev–Trinajstić information content (AvgIpc) is 3.17. The summed E-state index contributed by atoms with van der Waals surface area (Å²) in [6.07, 6.45) is 0.567. The standard InChI is InChI=1S/C32H27NO6/c1-31(2)16-22-25(23(34)17-31)32(21-15-9-11-18-10-8-14-20(24(18)21)28(32)35)26(29(36)38-3)27(30(37)39-4)33(22)19-12-6-5-7-13-19/h5-15H,16-17H2,1-4H3. The lowest BCUT2D eigenvalue weighted by atomic mass is 9.59. The van der Waals surface area contributed by atoms with Gasteiger partial charge in [-0.25, -0.2) is 9.59 Å². The van der Waals surface area contributed by atoms with Crippen molar-refractivity contribution in [3.63, 3.8) is 0 Å². The van der Waals surface area contributed by atoms with Crippen molar-refractivity contribution in [1.82, 2.24) is 0 Å². The van der Waals surface area contributed by atoms with Crippen LogP contribution >= 0.6 is 0 Å². The fourth-order valence-electron chi connectivity index (χ4n) is 6.62. The van der Waals surface area contributed by atoms with E-state index >= 15 is 0 Å². The molecule has 1 heterocycles. The molecule has 39 heavy (non-hydrogen) atoms. The van der Waals surface area contributed by atoms with E-state index in [1.807, 2.05) is 32.0 Å². The number of hydrogen-bond acceptors (Lipinski definition) is 7. The summed E-state index contributed by atoms with van der Waals surface area (Å²) < 4.78 is 10.5. The zero-order valence-corrected chi connectivity index (χ0v) is 22.2. The van der Waals surface area contributed by atoms with Crippen LogP contribution < -0.4 is 4.90 Å². The molecular formula is C32H27NO6. The Hall–Kier alpha value is -4.52. The van der Waals surface area contributed by atoms with Gasteiger partial charge in [0.1, 0.15) is 11.1 Å². The molecule has 196 valence electrons. The molecule has 0 N–H and O–H groups in total. The monoisotopic (exact) mass is 521 g/mol. The fourth-order valence-corrected chi connectivity index (χ4v) is 6.62. The Morgan fingerprint density at radius 1 is 0.821 bits per heavy atom. The highest BCUT2D eigenvalue weighted by atomic mass is 16.5. The number of esters is 2. The van der Waals surface area contributed by atoms with E-state index in [1.165, 1.54) is 14.2 Å². The topological polar surface area (TPSA) is 90.0 Å². The van der Waals surface area contributed by atoms with Gasteiger partial charge in [0, 0.05) is 28.9 Å². The number of allylic oxidation sites excluding steroid dienone is 2. The zero-order valence-electron chi connectivity index (χ0n) is 22.2. The molecule has 3 aliphatic rings.